The minimum Gasteiger partial charge on any atom is -0.334 e. The van der Waals surface area contributed by atoms with Crippen LogP contribution in [0.3, 0.4) is 0 Å². The molecule has 2 nitrogen and oxygen atoms in total. The van der Waals surface area contributed by atoms with Crippen molar-refractivity contribution >= 4 is 44.3 Å². The van der Waals surface area contributed by atoms with E-state index in [0.29, 0.717) is 0 Å². The van der Waals surface area contributed by atoms with Crippen molar-refractivity contribution in [1.82, 2.24) is 0 Å². The standard InChI is InChI=1S/C63H60N2/c1-58(2)36-60(5)53-34-42(25-29-55(53)64(62(60,7)38-58)45-17-11-9-12-18-45)40-23-27-47-44(31-40)33-52-49-28-24-41(32-51(49)48-21-15-16-22-50(48)57(47)52)43-26-30-56-54(35-43)61(6)37-59(3,4)39-63(61,8)65(56)46-19-13-10-14-20-46/h9-32,34-35H,33,36-39H2,1-8H3. The van der Waals surface area contributed by atoms with Gasteiger partial charge >= 0.3 is 0 Å². The van der Waals surface area contributed by atoms with Gasteiger partial charge in [-0.3, -0.25) is 0 Å². The summed E-state index contributed by atoms with van der Waals surface area (Å²) in [7, 11) is 0. The summed E-state index contributed by atoms with van der Waals surface area (Å²) in [5, 5.41) is 5.43. The van der Waals surface area contributed by atoms with E-state index in [4.69, 9.17) is 0 Å². The van der Waals surface area contributed by atoms with Crippen LogP contribution in [0.5, 0.6) is 0 Å². The number of para-hydroxylation sites is 2. The summed E-state index contributed by atoms with van der Waals surface area (Å²) < 4.78 is 0. The fourth-order valence-electron chi connectivity index (χ4n) is 15.6. The van der Waals surface area contributed by atoms with Crippen molar-refractivity contribution in [2.45, 2.75) is 109 Å². The van der Waals surface area contributed by atoms with Gasteiger partial charge in [0.05, 0.1) is 11.1 Å². The zero-order valence-corrected chi connectivity index (χ0v) is 39.4. The molecule has 65 heavy (non-hydrogen) atoms. The number of fused-ring (bicyclic) bond motifs is 14. The van der Waals surface area contributed by atoms with Crippen molar-refractivity contribution in [2.75, 3.05) is 9.80 Å². The second kappa shape index (κ2) is 12.8. The average Bonchev–Trinajstić information content (AvgIpc) is 3.94. The molecule has 0 aromatic heterocycles. The van der Waals surface area contributed by atoms with Gasteiger partial charge in [-0.05, 0) is 189 Å². The molecule has 2 saturated carbocycles. The molecule has 0 N–H and O–H groups in total. The Balaban J connectivity index is 0.897. The quantitative estimate of drug-likeness (QED) is 0.163. The van der Waals surface area contributed by atoms with Crippen LogP contribution in [0.2, 0.25) is 0 Å². The highest BCUT2D eigenvalue weighted by atomic mass is 15.3. The van der Waals surface area contributed by atoms with Gasteiger partial charge in [-0.1, -0.05) is 145 Å². The van der Waals surface area contributed by atoms with Gasteiger partial charge < -0.3 is 9.80 Å². The monoisotopic (exact) mass is 844 g/mol. The zero-order valence-electron chi connectivity index (χ0n) is 39.4. The van der Waals surface area contributed by atoms with Gasteiger partial charge in [-0.2, -0.15) is 0 Å². The van der Waals surface area contributed by atoms with Gasteiger partial charge in [-0.25, -0.2) is 0 Å². The van der Waals surface area contributed by atoms with E-state index in [1.807, 2.05) is 0 Å². The number of rotatable bonds is 4. The molecule has 5 aliphatic rings. The van der Waals surface area contributed by atoms with E-state index in [2.05, 4.69) is 223 Å². The summed E-state index contributed by atoms with van der Waals surface area (Å²) in [6.07, 6.45) is 5.60. The third-order valence-electron chi connectivity index (χ3n) is 17.9. The van der Waals surface area contributed by atoms with Crippen LogP contribution < -0.4 is 9.80 Å². The van der Waals surface area contributed by atoms with Crippen LogP contribution in [0.1, 0.15) is 103 Å². The number of hydrogen-bond donors (Lipinski definition) is 0. The topological polar surface area (TPSA) is 6.48 Å². The van der Waals surface area contributed by atoms with Gasteiger partial charge in [-0.15, -0.1) is 0 Å². The number of anilines is 4. The van der Waals surface area contributed by atoms with E-state index in [1.54, 1.807) is 0 Å². The largest absolute Gasteiger partial charge is 0.334 e. The number of benzene rings is 8. The second-order valence-corrected chi connectivity index (χ2v) is 23.3. The zero-order chi connectivity index (χ0) is 44.5. The SMILES string of the molecule is CC1(C)CC2(C)c3cc(-c4ccc5c(c4)Cc4c-5c5ccccc5c5cc(-c6ccc7c(c6)C6(C)CC(C)(C)CC6(C)N7c6ccccc6)ccc45)ccc3N(c3ccccc3)C2(C)C1. The third-order valence-corrected chi connectivity index (χ3v) is 17.9. The molecular formula is C63H60N2. The third kappa shape index (κ3) is 5.18. The van der Waals surface area contributed by atoms with Crippen molar-refractivity contribution < 1.29 is 0 Å². The minimum absolute atomic E-state index is 0.00277. The van der Waals surface area contributed by atoms with E-state index in [0.717, 1.165) is 19.3 Å². The maximum absolute atomic E-state index is 2.68. The molecule has 8 aromatic rings. The van der Waals surface area contributed by atoms with Crippen LogP contribution in [0.15, 0.2) is 158 Å². The summed E-state index contributed by atoms with van der Waals surface area (Å²) in [4.78, 5) is 5.36. The Morgan fingerprint density at radius 3 is 1.40 bits per heavy atom. The molecule has 0 spiro atoms. The summed E-state index contributed by atoms with van der Waals surface area (Å²) in [5.41, 5.74) is 19.8. The molecule has 8 aromatic carbocycles. The molecule has 4 unspecified atom stereocenters. The van der Waals surface area contributed by atoms with E-state index < -0.39 is 0 Å². The molecule has 0 amide bonds. The highest BCUT2D eigenvalue weighted by Crippen LogP contribution is 2.68. The van der Waals surface area contributed by atoms with Crippen molar-refractivity contribution in [3.63, 3.8) is 0 Å². The average molecular weight is 845 g/mol. The first-order valence-corrected chi connectivity index (χ1v) is 24.2. The maximum atomic E-state index is 2.68. The predicted octanol–water partition coefficient (Wildman–Crippen LogP) is 16.9. The molecule has 2 heteroatoms. The summed E-state index contributed by atoms with van der Waals surface area (Å²) >= 11 is 0. The number of hydrogen-bond acceptors (Lipinski definition) is 2. The Hall–Kier alpha value is -6.12. The van der Waals surface area contributed by atoms with Crippen LogP contribution in [0.25, 0.3) is 54.9 Å². The van der Waals surface area contributed by atoms with Gasteiger partial charge in [0.2, 0.25) is 0 Å². The second-order valence-electron chi connectivity index (χ2n) is 23.3. The van der Waals surface area contributed by atoms with Crippen LogP contribution >= 0.6 is 0 Å². The van der Waals surface area contributed by atoms with Crippen molar-refractivity contribution in [3.05, 3.63) is 180 Å². The molecular weight excluding hydrogens is 785 g/mol. The molecule has 2 aliphatic heterocycles. The fourth-order valence-corrected chi connectivity index (χ4v) is 15.6. The molecule has 2 fully saturated rings. The van der Waals surface area contributed by atoms with E-state index >= 15 is 0 Å². The van der Waals surface area contributed by atoms with Gasteiger partial charge in [0.1, 0.15) is 0 Å². The lowest BCUT2D eigenvalue weighted by Gasteiger charge is -2.42. The van der Waals surface area contributed by atoms with Crippen LogP contribution in [0, 0.1) is 10.8 Å². The molecule has 322 valence electrons. The Kier molecular flexibility index (Phi) is 7.74. The van der Waals surface area contributed by atoms with Crippen LogP contribution in [-0.4, -0.2) is 11.1 Å². The van der Waals surface area contributed by atoms with Crippen LogP contribution in [0.4, 0.5) is 22.7 Å². The van der Waals surface area contributed by atoms with Crippen molar-refractivity contribution in [2.24, 2.45) is 10.8 Å². The summed E-state index contributed by atoms with van der Waals surface area (Å²) in [6.45, 7) is 20.0. The van der Waals surface area contributed by atoms with Gasteiger partial charge in [0.25, 0.3) is 0 Å². The van der Waals surface area contributed by atoms with E-state index in [1.165, 1.54) is 113 Å². The first-order chi connectivity index (χ1) is 31.1. The molecule has 4 atom stereocenters. The van der Waals surface area contributed by atoms with Crippen molar-refractivity contribution in [1.29, 1.82) is 0 Å². The fraction of sp³-hybridized carbons (Fsp3) is 0.302. The summed E-state index contributed by atoms with van der Waals surface area (Å²) in [5.74, 6) is 0. The first-order valence-electron chi connectivity index (χ1n) is 24.2. The van der Waals surface area contributed by atoms with Gasteiger partial charge in [0.15, 0.2) is 0 Å². The van der Waals surface area contributed by atoms with Crippen LogP contribution in [-0.2, 0) is 17.3 Å². The molecule has 0 bridgehead atoms. The lowest BCUT2D eigenvalue weighted by atomic mass is 9.71. The van der Waals surface area contributed by atoms with E-state index in [9.17, 15) is 0 Å². The lowest BCUT2D eigenvalue weighted by Crippen LogP contribution is -2.49. The minimum atomic E-state index is -0.00926. The lowest BCUT2D eigenvalue weighted by molar-refractivity contribution is 0.330. The molecule has 0 radical (unpaired) electrons. The predicted molar refractivity (Wildman–Crippen MR) is 275 cm³/mol. The molecule has 2 heterocycles. The first kappa shape index (κ1) is 39.3. The molecule has 0 saturated heterocycles. The maximum Gasteiger partial charge on any atom is 0.0523 e. The highest BCUT2D eigenvalue weighted by Gasteiger charge is 2.65. The van der Waals surface area contributed by atoms with E-state index in [-0.39, 0.29) is 32.7 Å². The highest BCUT2D eigenvalue weighted by molar-refractivity contribution is 6.18. The van der Waals surface area contributed by atoms with Crippen molar-refractivity contribution in [3.8, 4) is 33.4 Å². The number of nitrogens with zero attached hydrogens (tertiary/aromatic N) is 2. The molecule has 13 rings (SSSR count). The Labute approximate surface area is 386 Å². The normalized spacial score (nSPS) is 26.3. The Bertz CT molecular complexity index is 3320. The summed E-state index contributed by atoms with van der Waals surface area (Å²) in [6, 6.07) is 60.8. The Morgan fingerprint density at radius 1 is 0.385 bits per heavy atom. The Morgan fingerprint density at radius 2 is 0.846 bits per heavy atom. The molecule has 3 aliphatic carbocycles. The smallest absolute Gasteiger partial charge is 0.0523 e. The van der Waals surface area contributed by atoms with Gasteiger partial charge in [0, 0.05) is 33.6 Å².